The summed E-state index contributed by atoms with van der Waals surface area (Å²) in [6.07, 6.45) is -0.232. The number of hydrogen-bond donors (Lipinski definition) is 2. The van der Waals surface area contributed by atoms with Crippen molar-refractivity contribution in [1.82, 2.24) is 5.32 Å². The molecule has 0 bridgehead atoms. The molecule has 0 unspecified atom stereocenters. The summed E-state index contributed by atoms with van der Waals surface area (Å²) in [5.74, 6) is -0.996. The molecule has 134 valence electrons. The maximum atomic E-state index is 12.4. The number of oxime groups is 1. The summed E-state index contributed by atoms with van der Waals surface area (Å²) < 4.78 is 27.2. The molecule has 0 aliphatic heterocycles. The van der Waals surface area contributed by atoms with Crippen molar-refractivity contribution < 1.29 is 33.1 Å². The molecule has 0 rings (SSSR count). The number of carbonyl (C=O) groups is 2. The molecule has 0 aromatic heterocycles. The normalized spacial score (nSPS) is 13.5. The van der Waals surface area contributed by atoms with Crippen LogP contribution in [-0.4, -0.2) is 60.4 Å². The van der Waals surface area contributed by atoms with Crippen molar-refractivity contribution in [3.05, 3.63) is 0 Å². The minimum absolute atomic E-state index is 0.0455. The molecule has 0 heterocycles. The van der Waals surface area contributed by atoms with Gasteiger partial charge in [-0.25, -0.2) is 4.79 Å². The highest BCUT2D eigenvalue weighted by Gasteiger charge is 2.28. The number of ether oxygens (including phenoxy) is 1. The summed E-state index contributed by atoms with van der Waals surface area (Å²) in [4.78, 5) is 22.7. The molecule has 1 atom stereocenters. The number of hydrogen-bond acceptors (Lipinski definition) is 9. The number of amides is 1. The minimum atomic E-state index is -3.43. The molecule has 0 saturated carbocycles. The second-order valence-electron chi connectivity index (χ2n) is 4.19. The van der Waals surface area contributed by atoms with Gasteiger partial charge in [0.15, 0.2) is 0 Å². The van der Waals surface area contributed by atoms with E-state index in [0.29, 0.717) is 0 Å². The van der Waals surface area contributed by atoms with E-state index in [0.717, 1.165) is 11.8 Å². The highest BCUT2D eigenvalue weighted by Crippen LogP contribution is 2.48. The molecule has 9 nitrogen and oxygen atoms in total. The van der Waals surface area contributed by atoms with Gasteiger partial charge in [-0.05, 0) is 13.8 Å². The molecule has 0 spiro atoms. The highest BCUT2D eigenvalue weighted by molar-refractivity contribution is 8.14. The largest absolute Gasteiger partial charge is 0.467 e. The maximum Gasteiger partial charge on any atom is 0.337 e. The molecule has 0 saturated heterocycles. The van der Waals surface area contributed by atoms with Crippen LogP contribution in [0.1, 0.15) is 20.8 Å². The maximum absolute atomic E-state index is 12.4. The Labute approximate surface area is 139 Å². The molecular formula is C12H23N2O7PS. The van der Waals surface area contributed by atoms with Gasteiger partial charge in [0.1, 0.15) is 17.2 Å². The highest BCUT2D eigenvalue weighted by atomic mass is 32.2. The summed E-state index contributed by atoms with van der Waals surface area (Å²) >= 11 is 0.946. The Balaban J connectivity index is 4.83. The first-order valence-electron chi connectivity index (χ1n) is 6.88. The zero-order chi connectivity index (χ0) is 17.9. The summed E-state index contributed by atoms with van der Waals surface area (Å²) in [5.41, 5.74) is 0. The van der Waals surface area contributed by atoms with Crippen LogP contribution in [0, 0.1) is 0 Å². The smallest absolute Gasteiger partial charge is 0.337 e. The van der Waals surface area contributed by atoms with Crippen LogP contribution in [0.4, 0.5) is 0 Å². The fourth-order valence-corrected chi connectivity index (χ4v) is 4.44. The Morgan fingerprint density at radius 3 is 2.26 bits per heavy atom. The predicted octanol–water partition coefficient (Wildman–Crippen LogP) is 1.45. The van der Waals surface area contributed by atoms with Gasteiger partial charge in [0, 0.05) is 12.7 Å². The Kier molecular flexibility index (Phi) is 10.9. The molecule has 11 heteroatoms. The fraction of sp³-hybridized carbons (Fsp3) is 0.750. The van der Waals surface area contributed by atoms with E-state index in [9.17, 15) is 14.2 Å². The van der Waals surface area contributed by atoms with Crippen LogP contribution < -0.4 is 5.32 Å². The van der Waals surface area contributed by atoms with Crippen LogP contribution >= 0.6 is 19.4 Å². The quantitative estimate of drug-likeness (QED) is 0.148. The first-order chi connectivity index (χ1) is 10.8. The molecule has 2 N–H and O–H groups in total. The Morgan fingerprint density at radius 2 is 1.87 bits per heavy atom. The van der Waals surface area contributed by atoms with Crippen molar-refractivity contribution in [3.8, 4) is 0 Å². The van der Waals surface area contributed by atoms with Crippen molar-refractivity contribution in [2.75, 3.05) is 32.2 Å². The van der Waals surface area contributed by atoms with Gasteiger partial charge in [-0.2, -0.15) is 0 Å². The van der Waals surface area contributed by atoms with Gasteiger partial charge in [-0.15, -0.1) is 11.8 Å². The van der Waals surface area contributed by atoms with Gasteiger partial charge in [0.2, 0.25) is 5.91 Å². The van der Waals surface area contributed by atoms with Crippen LogP contribution in [0.15, 0.2) is 5.16 Å². The topological polar surface area (TPSA) is 124 Å². The number of esters is 1. The van der Waals surface area contributed by atoms with Crippen molar-refractivity contribution in [2.24, 2.45) is 5.16 Å². The third-order valence-corrected chi connectivity index (χ3v) is 5.64. The van der Waals surface area contributed by atoms with Gasteiger partial charge in [0.05, 0.1) is 20.3 Å². The minimum Gasteiger partial charge on any atom is -0.467 e. The lowest BCUT2D eigenvalue weighted by Crippen LogP contribution is -2.42. The van der Waals surface area contributed by atoms with Crippen molar-refractivity contribution in [1.29, 1.82) is 0 Å². The molecule has 23 heavy (non-hydrogen) atoms. The lowest BCUT2D eigenvalue weighted by Gasteiger charge is -2.18. The van der Waals surface area contributed by atoms with E-state index >= 15 is 0 Å². The third-order valence-electron chi connectivity index (χ3n) is 2.37. The van der Waals surface area contributed by atoms with Crippen LogP contribution in [0.25, 0.3) is 0 Å². The SMILES string of the molecule is CCOP(=O)(C/C(=N/O)SC[C@H](NC(C)=O)C(=O)OC)OCC. The van der Waals surface area contributed by atoms with E-state index in [4.69, 9.17) is 14.3 Å². The van der Waals surface area contributed by atoms with Gasteiger partial charge in [0.25, 0.3) is 0 Å². The van der Waals surface area contributed by atoms with Gasteiger partial charge in [-0.1, -0.05) is 5.16 Å². The van der Waals surface area contributed by atoms with Crippen LogP contribution in [0.3, 0.4) is 0 Å². The summed E-state index contributed by atoms with van der Waals surface area (Å²) in [5, 5.41) is 14.6. The summed E-state index contributed by atoms with van der Waals surface area (Å²) in [6, 6.07) is -0.919. The molecule has 0 radical (unpaired) electrons. The van der Waals surface area contributed by atoms with E-state index in [-0.39, 0.29) is 30.2 Å². The molecule has 1 amide bonds. The average molecular weight is 370 g/mol. The van der Waals surface area contributed by atoms with Crippen LogP contribution in [0.2, 0.25) is 0 Å². The second kappa shape index (κ2) is 11.4. The van der Waals surface area contributed by atoms with E-state index < -0.39 is 25.5 Å². The third kappa shape index (κ3) is 8.95. The molecule has 0 aromatic rings. The van der Waals surface area contributed by atoms with E-state index in [2.05, 4.69) is 15.2 Å². The van der Waals surface area contributed by atoms with Crippen LogP contribution in [0.5, 0.6) is 0 Å². The predicted molar refractivity (Wildman–Crippen MR) is 87.0 cm³/mol. The van der Waals surface area contributed by atoms with Gasteiger partial charge in [-0.3, -0.25) is 9.36 Å². The zero-order valence-corrected chi connectivity index (χ0v) is 15.3. The Hall–Kier alpha value is -1.09. The average Bonchev–Trinajstić information content (AvgIpc) is 2.49. The van der Waals surface area contributed by atoms with Gasteiger partial charge < -0.3 is 24.3 Å². The van der Waals surface area contributed by atoms with E-state index in [1.807, 2.05) is 0 Å². The fourth-order valence-electron chi connectivity index (χ4n) is 1.53. The second-order valence-corrected chi connectivity index (χ2v) is 7.33. The number of thioether (sulfide) groups is 1. The standard InChI is InChI=1S/C12H23N2O7PS/c1-5-20-22(18,21-6-2)7-11(14-17)23-8-10(12(16)19-4)13-9(3)15/h10,17H,5-8H2,1-4H3,(H,13,15)/b14-11-/t10-/m0/s1. The van der Waals surface area contributed by atoms with Gasteiger partial charge >= 0.3 is 13.6 Å². The number of nitrogens with one attached hydrogen (secondary N) is 1. The first kappa shape index (κ1) is 21.9. The monoisotopic (exact) mass is 370 g/mol. The molecule has 0 aromatic carbocycles. The lowest BCUT2D eigenvalue weighted by atomic mass is 10.3. The summed E-state index contributed by atoms with van der Waals surface area (Å²) in [6.45, 7) is 4.95. The molecule has 0 fully saturated rings. The van der Waals surface area contributed by atoms with Crippen molar-refractivity contribution in [3.63, 3.8) is 0 Å². The summed E-state index contributed by atoms with van der Waals surface area (Å²) in [7, 11) is -2.23. The molecular weight excluding hydrogens is 347 g/mol. The Bertz CT molecular complexity index is 462. The Morgan fingerprint density at radius 1 is 1.30 bits per heavy atom. The number of carbonyl (C=O) groups excluding carboxylic acids is 2. The first-order valence-corrected chi connectivity index (χ1v) is 9.60. The number of rotatable bonds is 10. The van der Waals surface area contributed by atoms with E-state index in [1.165, 1.54) is 14.0 Å². The molecule has 0 aliphatic rings. The zero-order valence-electron chi connectivity index (χ0n) is 13.6. The van der Waals surface area contributed by atoms with Crippen molar-refractivity contribution >= 4 is 36.3 Å². The van der Waals surface area contributed by atoms with Crippen LogP contribution in [-0.2, 0) is 27.9 Å². The van der Waals surface area contributed by atoms with Crippen molar-refractivity contribution in [2.45, 2.75) is 26.8 Å². The number of nitrogens with zero attached hydrogens (tertiary/aromatic N) is 1. The van der Waals surface area contributed by atoms with E-state index in [1.54, 1.807) is 13.8 Å². The molecule has 0 aliphatic carbocycles. The number of methoxy groups -OCH3 is 1. The lowest BCUT2D eigenvalue weighted by molar-refractivity contribution is -0.144.